The van der Waals surface area contributed by atoms with Crippen molar-refractivity contribution in [3.8, 4) is 0 Å². The zero-order chi connectivity index (χ0) is 9.40. The second-order valence-corrected chi connectivity index (χ2v) is 1.90. The van der Waals surface area contributed by atoms with Gasteiger partial charge in [0.1, 0.15) is 0 Å². The lowest BCUT2D eigenvalue weighted by Gasteiger charge is -1.99. The number of nitrogens with zero attached hydrogens (tertiary/aromatic N) is 2. The van der Waals surface area contributed by atoms with E-state index in [2.05, 4.69) is 20.7 Å². The van der Waals surface area contributed by atoms with Gasteiger partial charge >= 0.3 is 5.97 Å². The Bertz CT molecular complexity index is 166. The van der Waals surface area contributed by atoms with Gasteiger partial charge in [-0.2, -0.15) is 5.84 Å². The molecule has 7 heteroatoms. The zero-order valence-electron chi connectivity index (χ0n) is 6.73. The van der Waals surface area contributed by atoms with E-state index in [1.807, 2.05) is 6.92 Å². The van der Waals surface area contributed by atoms with Crippen LogP contribution in [-0.4, -0.2) is 17.7 Å². The lowest BCUT2D eigenvalue weighted by Crippen LogP contribution is -2.11. The molecule has 0 aliphatic heterocycles. The van der Waals surface area contributed by atoms with Crippen molar-refractivity contribution in [1.29, 1.82) is 0 Å². The molecule has 0 spiro atoms. The highest BCUT2D eigenvalue weighted by atomic mass is 16.8. The summed E-state index contributed by atoms with van der Waals surface area (Å²) in [5.41, 5.74) is 0. The van der Waals surface area contributed by atoms with Crippen LogP contribution in [0.25, 0.3) is 0 Å². The highest BCUT2D eigenvalue weighted by Crippen LogP contribution is 1.91. The third kappa shape index (κ3) is 6.59. The number of nitrogens with two attached hydrogens (primary N) is 1. The maximum Gasteiger partial charge on any atom is 0.308 e. The first-order chi connectivity index (χ1) is 5.66. The normalized spacial score (nSPS) is 10.9. The lowest BCUT2D eigenvalue weighted by molar-refractivity contribution is -0.571. The summed E-state index contributed by atoms with van der Waals surface area (Å²) in [6, 6.07) is 0. The van der Waals surface area contributed by atoms with Crippen LogP contribution in [0.4, 0.5) is 0 Å². The Balaban J connectivity index is 3.31. The van der Waals surface area contributed by atoms with Gasteiger partial charge < -0.3 is 14.8 Å². The van der Waals surface area contributed by atoms with Crippen molar-refractivity contribution in [3.05, 3.63) is 5.21 Å². The summed E-state index contributed by atoms with van der Waals surface area (Å²) in [6.45, 7) is 1.44. The van der Waals surface area contributed by atoms with Gasteiger partial charge in [0, 0.05) is 6.42 Å². The molecule has 0 radical (unpaired) electrons. The molecule has 0 unspecified atom stereocenters. The van der Waals surface area contributed by atoms with E-state index in [1.54, 1.807) is 0 Å². The smallest absolute Gasteiger partial charge is 0.308 e. The van der Waals surface area contributed by atoms with Crippen LogP contribution in [0.15, 0.2) is 5.28 Å². The topological polar surface area (TPSA) is 100.0 Å². The minimum absolute atomic E-state index is 0.270. The summed E-state index contributed by atoms with van der Waals surface area (Å²) < 4.78 is 4.46. The minimum atomic E-state index is -0.401. The van der Waals surface area contributed by atoms with Crippen molar-refractivity contribution in [1.82, 2.24) is 0 Å². The van der Waals surface area contributed by atoms with E-state index in [1.165, 1.54) is 0 Å². The molecule has 0 aliphatic rings. The third-order valence-corrected chi connectivity index (χ3v) is 0.865. The molecule has 0 aromatic carbocycles. The molecule has 0 atom stereocenters. The number of carbonyl (C=O) groups is 1. The van der Waals surface area contributed by atoms with E-state index in [0.717, 1.165) is 0 Å². The Morgan fingerprint density at radius 2 is 2.42 bits per heavy atom. The fraction of sp³-hybridized carbons (Fsp3) is 0.800. The number of rotatable bonds is 5. The maximum absolute atomic E-state index is 10.6. The Morgan fingerprint density at radius 3 is 2.92 bits per heavy atom. The predicted octanol–water partition coefficient (Wildman–Crippen LogP) is 0.0550. The van der Waals surface area contributed by atoms with Crippen molar-refractivity contribution in [2.75, 3.05) is 6.79 Å². The van der Waals surface area contributed by atoms with Crippen molar-refractivity contribution in [2.24, 2.45) is 11.1 Å². The van der Waals surface area contributed by atoms with Crippen LogP contribution < -0.4 is 5.84 Å². The van der Waals surface area contributed by atoms with Gasteiger partial charge in [-0.1, -0.05) is 6.92 Å². The van der Waals surface area contributed by atoms with Crippen LogP contribution in [0, 0.1) is 5.21 Å². The molecule has 70 valence electrons. The van der Waals surface area contributed by atoms with E-state index in [9.17, 15) is 10.0 Å². The lowest BCUT2D eigenvalue weighted by atomic mass is 10.3. The van der Waals surface area contributed by atoms with Crippen LogP contribution >= 0.6 is 0 Å². The summed E-state index contributed by atoms with van der Waals surface area (Å²) in [4.78, 5) is 14.5. The molecule has 12 heavy (non-hydrogen) atoms. The molecule has 0 saturated heterocycles. The van der Waals surface area contributed by atoms with Crippen molar-refractivity contribution >= 4 is 5.97 Å². The highest BCUT2D eigenvalue weighted by Gasteiger charge is 1.99. The Morgan fingerprint density at radius 1 is 1.75 bits per heavy atom. The second kappa shape index (κ2) is 6.20. The molecule has 0 saturated carbocycles. The van der Waals surface area contributed by atoms with Gasteiger partial charge in [0.15, 0.2) is 0 Å². The molecule has 0 bridgehead atoms. The predicted molar refractivity (Wildman–Crippen MR) is 37.2 cm³/mol. The van der Waals surface area contributed by atoms with E-state index < -0.39 is 12.8 Å². The molecule has 0 fully saturated rings. The molecular weight excluding hydrogens is 166 g/mol. The number of hydrogen-bond donors (Lipinski definition) is 1. The van der Waals surface area contributed by atoms with E-state index in [4.69, 9.17) is 0 Å². The fourth-order valence-electron chi connectivity index (χ4n) is 0.449. The van der Waals surface area contributed by atoms with E-state index in [-0.39, 0.29) is 4.97 Å². The van der Waals surface area contributed by atoms with Gasteiger partial charge in [-0.05, 0) is 6.42 Å². The van der Waals surface area contributed by atoms with Crippen LogP contribution in [0.1, 0.15) is 19.8 Å². The van der Waals surface area contributed by atoms with E-state index in [0.29, 0.717) is 12.8 Å². The molecule has 0 aromatic rings. The first-order valence-electron chi connectivity index (χ1n) is 3.37. The van der Waals surface area contributed by atoms with Gasteiger partial charge in [0.25, 0.3) is 6.79 Å². The number of carbonyl (C=O) groups excluding carboxylic acids is 1. The van der Waals surface area contributed by atoms with Gasteiger partial charge in [-0.25, -0.2) is 0 Å². The molecule has 0 aromatic heterocycles. The molecule has 0 aliphatic carbocycles. The number of hydrogen-bond acceptors (Lipinski definition) is 5. The molecule has 0 amide bonds. The molecule has 7 nitrogen and oxygen atoms in total. The average Bonchev–Trinajstić information content (AvgIpc) is 1.98. The van der Waals surface area contributed by atoms with Gasteiger partial charge in [0.05, 0.1) is 4.97 Å². The van der Waals surface area contributed by atoms with E-state index >= 15 is 0 Å². The zero-order valence-corrected chi connectivity index (χ0v) is 6.73. The summed E-state index contributed by atoms with van der Waals surface area (Å²) in [5, 5.41) is 12.6. The summed E-state index contributed by atoms with van der Waals surface area (Å²) in [6.07, 6.45) is 1.01. The van der Waals surface area contributed by atoms with Crippen LogP contribution in [0.3, 0.4) is 0 Å². The monoisotopic (exact) mass is 177 g/mol. The molecule has 0 rings (SSSR count). The summed E-state index contributed by atoms with van der Waals surface area (Å²) >= 11 is 0. The van der Waals surface area contributed by atoms with Crippen LogP contribution in [0.5, 0.6) is 0 Å². The minimum Gasteiger partial charge on any atom is -0.569 e. The average molecular weight is 177 g/mol. The van der Waals surface area contributed by atoms with Gasteiger partial charge in [-0.3, -0.25) is 4.79 Å². The SMILES string of the molecule is CCCC(=O)OCO/N=[N+](\N)[O-]. The summed E-state index contributed by atoms with van der Waals surface area (Å²) in [5.74, 6) is 4.11. The largest absolute Gasteiger partial charge is 0.569 e. The third-order valence-electron chi connectivity index (χ3n) is 0.865. The van der Waals surface area contributed by atoms with Crippen LogP contribution in [-0.2, 0) is 14.4 Å². The fourth-order valence-corrected chi connectivity index (χ4v) is 0.449. The quantitative estimate of drug-likeness (QED) is 0.122. The van der Waals surface area contributed by atoms with Crippen molar-refractivity contribution < 1.29 is 19.3 Å². The Labute approximate surface area is 69.3 Å². The first kappa shape index (κ1) is 10.5. The highest BCUT2D eigenvalue weighted by molar-refractivity contribution is 5.69. The van der Waals surface area contributed by atoms with Crippen molar-refractivity contribution in [2.45, 2.75) is 19.8 Å². The number of ether oxygens (including phenoxy) is 1. The van der Waals surface area contributed by atoms with Gasteiger partial charge in [-0.15, -0.1) is 0 Å². The summed E-state index contributed by atoms with van der Waals surface area (Å²) in [7, 11) is 0. The standard InChI is InChI=1S/C5H11N3O4/c1-2-3-5(9)11-4-12-7-8(6)10/h2-4H2,1H3,(H2,6,7). The second-order valence-electron chi connectivity index (χ2n) is 1.90. The Kier molecular flexibility index (Phi) is 5.41. The molecular formula is C5H11N3O4. The number of hydrazine groups is 1. The molecule has 0 heterocycles. The van der Waals surface area contributed by atoms with Crippen LogP contribution in [0.2, 0.25) is 0 Å². The number of esters is 1. The Hall–Kier alpha value is -1.53. The van der Waals surface area contributed by atoms with Crippen molar-refractivity contribution in [3.63, 3.8) is 0 Å². The molecule has 2 N–H and O–H groups in total. The maximum atomic E-state index is 10.6. The first-order valence-corrected chi connectivity index (χ1v) is 3.37. The van der Waals surface area contributed by atoms with Gasteiger partial charge in [0.2, 0.25) is 5.28 Å².